The average molecular weight is 511 g/mol. The number of benzene rings is 2. The fourth-order valence-corrected chi connectivity index (χ4v) is 3.17. The lowest BCUT2D eigenvalue weighted by Crippen LogP contribution is -2.49. The summed E-state index contributed by atoms with van der Waals surface area (Å²) >= 11 is 7.11. The van der Waals surface area contributed by atoms with Gasteiger partial charge in [0.25, 0.3) is 11.8 Å². The van der Waals surface area contributed by atoms with Crippen LogP contribution in [0.3, 0.4) is 0 Å². The van der Waals surface area contributed by atoms with Crippen LogP contribution in [-0.4, -0.2) is 23.5 Å². The highest BCUT2D eigenvalue weighted by Gasteiger charge is 2.13. The molecule has 148 valence electrons. The second-order valence-electron chi connectivity index (χ2n) is 6.07. The van der Waals surface area contributed by atoms with Gasteiger partial charge in [0.15, 0.2) is 11.7 Å². The molecule has 0 aliphatic heterocycles. The fraction of sp³-hybridized carbons (Fsp3) is 0.250. The standard InChI is InChI=1S/C20H22IN3O3S/c1-3-13(2)14-8-5-7-11-17(14)27-12-18(25)23-24-20(28)22-19(26)15-9-4-6-10-16(15)21/h4-11,13H,3,12H2,1-2H3,(H,23,25)(H2,22,24,26,28). The first kappa shape index (κ1) is 22.1. The molecule has 6 nitrogen and oxygen atoms in total. The number of nitrogens with one attached hydrogen (secondary N) is 3. The van der Waals surface area contributed by atoms with Gasteiger partial charge in [-0.1, -0.05) is 44.2 Å². The molecular formula is C20H22IN3O3S. The van der Waals surface area contributed by atoms with E-state index in [-0.39, 0.29) is 17.6 Å². The zero-order valence-electron chi connectivity index (χ0n) is 15.6. The number of carbonyl (C=O) groups excluding carboxylic acids is 2. The molecule has 28 heavy (non-hydrogen) atoms. The monoisotopic (exact) mass is 511 g/mol. The van der Waals surface area contributed by atoms with Gasteiger partial charge in [-0.05, 0) is 70.9 Å². The Bertz CT molecular complexity index is 860. The van der Waals surface area contributed by atoms with E-state index in [0.29, 0.717) is 17.2 Å². The van der Waals surface area contributed by atoms with Crippen molar-refractivity contribution in [3.63, 3.8) is 0 Å². The molecule has 0 heterocycles. The summed E-state index contributed by atoms with van der Waals surface area (Å²) in [6.45, 7) is 4.04. The van der Waals surface area contributed by atoms with Crippen LogP contribution in [0.1, 0.15) is 42.1 Å². The molecule has 0 spiro atoms. The summed E-state index contributed by atoms with van der Waals surface area (Å²) in [5.74, 6) is 0.253. The predicted molar refractivity (Wildman–Crippen MR) is 121 cm³/mol. The summed E-state index contributed by atoms with van der Waals surface area (Å²) < 4.78 is 6.44. The molecule has 0 aromatic heterocycles. The molecule has 0 fully saturated rings. The first-order chi connectivity index (χ1) is 13.4. The number of hydrogen-bond acceptors (Lipinski definition) is 4. The van der Waals surface area contributed by atoms with E-state index < -0.39 is 5.91 Å². The van der Waals surface area contributed by atoms with Crippen LogP contribution >= 0.6 is 34.8 Å². The van der Waals surface area contributed by atoms with Crippen LogP contribution in [0.4, 0.5) is 0 Å². The number of carbonyl (C=O) groups is 2. The molecule has 0 aliphatic rings. The number of thiocarbonyl (C=S) groups is 1. The first-order valence-corrected chi connectivity index (χ1v) is 10.3. The van der Waals surface area contributed by atoms with E-state index >= 15 is 0 Å². The third kappa shape index (κ3) is 6.45. The Hall–Kier alpha value is -2.20. The quantitative estimate of drug-likeness (QED) is 0.314. The Balaban J connectivity index is 1.81. The Labute approximate surface area is 183 Å². The van der Waals surface area contributed by atoms with E-state index in [9.17, 15) is 9.59 Å². The molecule has 8 heteroatoms. The first-order valence-electron chi connectivity index (χ1n) is 8.78. The van der Waals surface area contributed by atoms with Gasteiger partial charge in [0, 0.05) is 3.57 Å². The topological polar surface area (TPSA) is 79.5 Å². The smallest absolute Gasteiger partial charge is 0.276 e. The molecule has 3 N–H and O–H groups in total. The molecule has 0 saturated carbocycles. The Kier molecular flexibility index (Phi) is 8.65. The highest BCUT2D eigenvalue weighted by Crippen LogP contribution is 2.28. The Morgan fingerprint density at radius 3 is 2.50 bits per heavy atom. The third-order valence-corrected chi connectivity index (χ3v) is 5.23. The summed E-state index contributed by atoms with van der Waals surface area (Å²) in [5.41, 5.74) is 6.48. The van der Waals surface area contributed by atoms with Crippen molar-refractivity contribution in [2.75, 3.05) is 6.61 Å². The minimum absolute atomic E-state index is 0.00184. The maximum absolute atomic E-state index is 12.2. The lowest BCUT2D eigenvalue weighted by Gasteiger charge is -2.16. The maximum atomic E-state index is 12.2. The van der Waals surface area contributed by atoms with Crippen LogP contribution in [0.25, 0.3) is 0 Å². The summed E-state index contributed by atoms with van der Waals surface area (Å²) in [6, 6.07) is 14.8. The maximum Gasteiger partial charge on any atom is 0.276 e. The van der Waals surface area contributed by atoms with E-state index in [1.54, 1.807) is 12.1 Å². The molecule has 2 amide bonds. The van der Waals surface area contributed by atoms with E-state index in [0.717, 1.165) is 15.6 Å². The number of rotatable bonds is 6. The van der Waals surface area contributed by atoms with E-state index in [1.165, 1.54) is 0 Å². The molecule has 0 bridgehead atoms. The predicted octanol–water partition coefficient (Wildman–Crippen LogP) is 3.52. The second-order valence-corrected chi connectivity index (χ2v) is 7.64. The second kappa shape index (κ2) is 11.0. The Morgan fingerprint density at radius 1 is 1.11 bits per heavy atom. The summed E-state index contributed by atoms with van der Waals surface area (Å²) in [5, 5.41) is 2.52. The van der Waals surface area contributed by atoms with Crippen LogP contribution in [0.15, 0.2) is 48.5 Å². The SMILES string of the molecule is CCC(C)c1ccccc1OCC(=O)NNC(=S)NC(=O)c1ccccc1I. The van der Waals surface area contributed by atoms with Crippen molar-refractivity contribution in [2.45, 2.75) is 26.2 Å². The van der Waals surface area contributed by atoms with Gasteiger partial charge in [-0.15, -0.1) is 0 Å². The Morgan fingerprint density at radius 2 is 1.79 bits per heavy atom. The lowest BCUT2D eigenvalue weighted by atomic mass is 9.98. The minimum Gasteiger partial charge on any atom is -0.483 e. The molecule has 2 aromatic carbocycles. The molecule has 0 saturated heterocycles. The van der Waals surface area contributed by atoms with Crippen molar-refractivity contribution in [1.82, 2.24) is 16.2 Å². The van der Waals surface area contributed by atoms with Crippen molar-refractivity contribution in [2.24, 2.45) is 0 Å². The van der Waals surface area contributed by atoms with Crippen LogP contribution in [-0.2, 0) is 4.79 Å². The van der Waals surface area contributed by atoms with Crippen LogP contribution < -0.4 is 20.9 Å². The van der Waals surface area contributed by atoms with Gasteiger partial charge in [0.05, 0.1) is 5.56 Å². The van der Waals surface area contributed by atoms with Crippen molar-refractivity contribution in [3.8, 4) is 5.75 Å². The molecular weight excluding hydrogens is 489 g/mol. The van der Waals surface area contributed by atoms with Crippen molar-refractivity contribution >= 4 is 51.7 Å². The number of hydrazine groups is 1. The molecule has 1 unspecified atom stereocenters. The van der Waals surface area contributed by atoms with Gasteiger partial charge in [-0.25, -0.2) is 0 Å². The minimum atomic E-state index is -0.412. The van der Waals surface area contributed by atoms with Gasteiger partial charge >= 0.3 is 0 Å². The van der Waals surface area contributed by atoms with Gasteiger partial charge in [0.2, 0.25) is 0 Å². The zero-order valence-corrected chi connectivity index (χ0v) is 18.6. The van der Waals surface area contributed by atoms with Crippen LogP contribution in [0.2, 0.25) is 0 Å². The van der Waals surface area contributed by atoms with Gasteiger partial charge in [-0.2, -0.15) is 0 Å². The largest absolute Gasteiger partial charge is 0.483 e. The molecule has 2 rings (SSSR count). The number of amides is 2. The number of halogens is 1. The highest BCUT2D eigenvalue weighted by molar-refractivity contribution is 14.1. The van der Waals surface area contributed by atoms with Crippen molar-refractivity contribution < 1.29 is 14.3 Å². The van der Waals surface area contributed by atoms with E-state index in [4.69, 9.17) is 17.0 Å². The van der Waals surface area contributed by atoms with E-state index in [2.05, 4.69) is 52.6 Å². The van der Waals surface area contributed by atoms with Gasteiger partial charge in [0.1, 0.15) is 5.75 Å². The number of para-hydroxylation sites is 1. The number of hydrogen-bond donors (Lipinski definition) is 3. The normalized spacial score (nSPS) is 11.2. The fourth-order valence-electron chi connectivity index (χ4n) is 2.39. The molecule has 1 atom stereocenters. The molecule has 0 radical (unpaired) electrons. The molecule has 0 aliphatic carbocycles. The molecule has 2 aromatic rings. The zero-order chi connectivity index (χ0) is 20.5. The van der Waals surface area contributed by atoms with Crippen LogP contribution in [0, 0.1) is 3.57 Å². The van der Waals surface area contributed by atoms with Gasteiger partial charge in [-0.3, -0.25) is 25.8 Å². The van der Waals surface area contributed by atoms with Gasteiger partial charge < -0.3 is 4.74 Å². The summed E-state index contributed by atoms with van der Waals surface area (Å²) in [4.78, 5) is 24.2. The van der Waals surface area contributed by atoms with Crippen molar-refractivity contribution in [1.29, 1.82) is 0 Å². The summed E-state index contributed by atoms with van der Waals surface area (Å²) in [7, 11) is 0. The average Bonchev–Trinajstić information content (AvgIpc) is 2.70. The van der Waals surface area contributed by atoms with Crippen LogP contribution in [0.5, 0.6) is 5.75 Å². The number of ether oxygens (including phenoxy) is 1. The van der Waals surface area contributed by atoms with Crippen molar-refractivity contribution in [3.05, 3.63) is 63.2 Å². The summed E-state index contributed by atoms with van der Waals surface area (Å²) in [6.07, 6.45) is 0.975. The van der Waals surface area contributed by atoms with E-state index in [1.807, 2.05) is 36.4 Å². The highest BCUT2D eigenvalue weighted by atomic mass is 127. The lowest BCUT2D eigenvalue weighted by molar-refractivity contribution is -0.123. The third-order valence-electron chi connectivity index (χ3n) is 4.08.